The number of aromatic nitrogens is 2. The molecular weight excluding hydrogens is 321 g/mol. The smallest absolute Gasteiger partial charge is 0.143 e. The van der Waals surface area contributed by atoms with E-state index in [4.69, 9.17) is 9.97 Å². The first kappa shape index (κ1) is 14.3. The van der Waals surface area contributed by atoms with Gasteiger partial charge in [0.05, 0.1) is 5.39 Å². The lowest BCUT2D eigenvalue weighted by molar-refractivity contribution is 0.628. The first-order chi connectivity index (χ1) is 11.8. The molecule has 1 saturated carbocycles. The van der Waals surface area contributed by atoms with E-state index in [1.165, 1.54) is 53.6 Å². The SMILES string of the molecule is Fc1ccc(Nc2nc(C3CC3)nc3sc4c(c23)CCCC4)cc1. The number of rotatable bonds is 3. The largest absolute Gasteiger partial charge is 0.340 e. The maximum Gasteiger partial charge on any atom is 0.143 e. The molecule has 0 saturated heterocycles. The molecule has 0 bridgehead atoms. The Morgan fingerprint density at radius 1 is 1.04 bits per heavy atom. The number of fused-ring (bicyclic) bond motifs is 3. The van der Waals surface area contributed by atoms with Crippen molar-refractivity contribution in [3.05, 3.63) is 46.3 Å². The summed E-state index contributed by atoms with van der Waals surface area (Å²) in [4.78, 5) is 12.3. The monoisotopic (exact) mass is 339 g/mol. The Labute approximate surface area is 144 Å². The summed E-state index contributed by atoms with van der Waals surface area (Å²) in [5.41, 5.74) is 2.29. The molecule has 3 nitrogen and oxygen atoms in total. The van der Waals surface area contributed by atoms with Crippen LogP contribution in [0, 0.1) is 5.82 Å². The highest BCUT2D eigenvalue weighted by Gasteiger charge is 2.29. The maximum atomic E-state index is 13.2. The molecular formula is C19H18FN3S. The van der Waals surface area contributed by atoms with Crippen LogP contribution < -0.4 is 5.32 Å². The highest BCUT2D eigenvalue weighted by atomic mass is 32.1. The summed E-state index contributed by atoms with van der Waals surface area (Å²) < 4.78 is 13.2. The van der Waals surface area contributed by atoms with Crippen LogP contribution in [0.5, 0.6) is 0 Å². The van der Waals surface area contributed by atoms with Crippen LogP contribution in [0.1, 0.15) is 47.9 Å². The lowest BCUT2D eigenvalue weighted by atomic mass is 9.97. The van der Waals surface area contributed by atoms with Crippen LogP contribution in [-0.2, 0) is 12.8 Å². The molecule has 3 aromatic rings. The molecule has 1 N–H and O–H groups in total. The minimum absolute atomic E-state index is 0.222. The molecule has 0 atom stereocenters. The molecule has 5 heteroatoms. The van der Waals surface area contributed by atoms with E-state index in [0.717, 1.165) is 35.0 Å². The fourth-order valence-electron chi connectivity index (χ4n) is 3.46. The van der Waals surface area contributed by atoms with Crippen molar-refractivity contribution in [2.45, 2.75) is 44.4 Å². The molecule has 5 rings (SSSR count). The van der Waals surface area contributed by atoms with Crippen molar-refractivity contribution in [3.63, 3.8) is 0 Å². The van der Waals surface area contributed by atoms with Crippen LogP contribution >= 0.6 is 11.3 Å². The molecule has 1 fully saturated rings. The molecule has 2 heterocycles. The quantitative estimate of drug-likeness (QED) is 0.701. The van der Waals surface area contributed by atoms with Crippen molar-refractivity contribution in [1.82, 2.24) is 9.97 Å². The molecule has 2 aromatic heterocycles. The number of hydrogen-bond acceptors (Lipinski definition) is 4. The van der Waals surface area contributed by atoms with Crippen molar-refractivity contribution in [2.24, 2.45) is 0 Å². The molecule has 2 aliphatic rings. The van der Waals surface area contributed by atoms with E-state index in [1.54, 1.807) is 12.1 Å². The normalized spacial score (nSPS) is 17.0. The molecule has 0 spiro atoms. The summed E-state index contributed by atoms with van der Waals surface area (Å²) in [6, 6.07) is 6.48. The molecule has 0 aliphatic heterocycles. The Hall–Kier alpha value is -2.01. The number of halogens is 1. The number of anilines is 2. The van der Waals surface area contributed by atoms with Crippen LogP contribution in [0.15, 0.2) is 24.3 Å². The lowest BCUT2D eigenvalue weighted by Crippen LogP contribution is -2.03. The first-order valence-corrected chi connectivity index (χ1v) is 9.44. The van der Waals surface area contributed by atoms with Crippen molar-refractivity contribution in [3.8, 4) is 0 Å². The van der Waals surface area contributed by atoms with E-state index in [2.05, 4.69) is 5.32 Å². The van der Waals surface area contributed by atoms with Gasteiger partial charge >= 0.3 is 0 Å². The number of benzene rings is 1. The Kier molecular flexibility index (Phi) is 3.30. The Morgan fingerprint density at radius 3 is 2.62 bits per heavy atom. The Balaban J connectivity index is 1.66. The lowest BCUT2D eigenvalue weighted by Gasteiger charge is -2.13. The van der Waals surface area contributed by atoms with Gasteiger partial charge in [0.15, 0.2) is 0 Å². The van der Waals surface area contributed by atoms with E-state index < -0.39 is 0 Å². The fraction of sp³-hybridized carbons (Fsp3) is 0.368. The number of aryl methyl sites for hydroxylation is 2. The van der Waals surface area contributed by atoms with Gasteiger partial charge in [-0.2, -0.15) is 0 Å². The molecule has 0 radical (unpaired) electrons. The van der Waals surface area contributed by atoms with E-state index in [0.29, 0.717) is 5.92 Å². The highest BCUT2D eigenvalue weighted by Crippen LogP contribution is 2.43. The highest BCUT2D eigenvalue weighted by molar-refractivity contribution is 7.19. The summed E-state index contributed by atoms with van der Waals surface area (Å²) in [6.07, 6.45) is 7.15. The van der Waals surface area contributed by atoms with Gasteiger partial charge < -0.3 is 5.32 Å². The predicted molar refractivity (Wildman–Crippen MR) is 95.7 cm³/mol. The number of thiophene rings is 1. The minimum Gasteiger partial charge on any atom is -0.340 e. The standard InChI is InChI=1S/C19H18FN3S/c20-12-7-9-13(10-8-12)21-18-16-14-3-1-2-4-15(14)24-19(16)23-17(22-18)11-5-6-11/h7-11H,1-6H2,(H,21,22,23). The molecule has 122 valence electrons. The van der Waals surface area contributed by atoms with Gasteiger partial charge in [0.25, 0.3) is 0 Å². The third-order valence-corrected chi connectivity index (χ3v) is 6.07. The molecule has 2 aliphatic carbocycles. The minimum atomic E-state index is -0.222. The van der Waals surface area contributed by atoms with E-state index in [1.807, 2.05) is 11.3 Å². The summed E-state index contributed by atoms with van der Waals surface area (Å²) in [6.45, 7) is 0. The second-order valence-electron chi connectivity index (χ2n) is 6.73. The molecule has 0 amide bonds. The van der Waals surface area contributed by atoms with Crippen molar-refractivity contribution in [2.75, 3.05) is 5.32 Å². The van der Waals surface area contributed by atoms with Gasteiger partial charge in [-0.05, 0) is 68.4 Å². The van der Waals surface area contributed by atoms with Crippen LogP contribution in [-0.4, -0.2) is 9.97 Å². The topological polar surface area (TPSA) is 37.8 Å². The zero-order chi connectivity index (χ0) is 16.1. The summed E-state index contributed by atoms with van der Waals surface area (Å²) >= 11 is 1.84. The summed E-state index contributed by atoms with van der Waals surface area (Å²) in [7, 11) is 0. The predicted octanol–water partition coefficient (Wildman–Crippen LogP) is 5.33. The Bertz CT molecular complexity index is 913. The van der Waals surface area contributed by atoms with Gasteiger partial charge in [-0.1, -0.05) is 0 Å². The second kappa shape index (κ2) is 5.52. The average Bonchev–Trinajstić information content (AvgIpc) is 3.37. The summed E-state index contributed by atoms with van der Waals surface area (Å²) in [5.74, 6) is 2.15. The van der Waals surface area contributed by atoms with Crippen molar-refractivity contribution in [1.29, 1.82) is 0 Å². The van der Waals surface area contributed by atoms with Gasteiger partial charge in [0.2, 0.25) is 0 Å². The van der Waals surface area contributed by atoms with Crippen LogP contribution in [0.4, 0.5) is 15.9 Å². The molecule has 1 aromatic carbocycles. The summed E-state index contributed by atoms with van der Waals surface area (Å²) in [5, 5.41) is 4.61. The van der Waals surface area contributed by atoms with Crippen LogP contribution in [0.2, 0.25) is 0 Å². The van der Waals surface area contributed by atoms with Gasteiger partial charge in [-0.25, -0.2) is 14.4 Å². The van der Waals surface area contributed by atoms with Gasteiger partial charge in [0.1, 0.15) is 22.3 Å². The zero-order valence-corrected chi connectivity index (χ0v) is 14.1. The van der Waals surface area contributed by atoms with Crippen molar-refractivity contribution < 1.29 is 4.39 Å². The number of nitrogens with one attached hydrogen (secondary N) is 1. The second-order valence-corrected chi connectivity index (χ2v) is 7.81. The van der Waals surface area contributed by atoms with Gasteiger partial charge in [0, 0.05) is 16.5 Å². The zero-order valence-electron chi connectivity index (χ0n) is 13.3. The van der Waals surface area contributed by atoms with Crippen molar-refractivity contribution >= 4 is 33.1 Å². The van der Waals surface area contributed by atoms with Gasteiger partial charge in [-0.15, -0.1) is 11.3 Å². The van der Waals surface area contributed by atoms with E-state index >= 15 is 0 Å². The third-order valence-electron chi connectivity index (χ3n) is 4.88. The average molecular weight is 339 g/mol. The fourth-order valence-corrected chi connectivity index (χ4v) is 4.73. The number of hydrogen-bond donors (Lipinski definition) is 1. The van der Waals surface area contributed by atoms with Gasteiger partial charge in [-0.3, -0.25) is 0 Å². The number of nitrogens with zero attached hydrogens (tertiary/aromatic N) is 2. The van der Waals surface area contributed by atoms with E-state index in [9.17, 15) is 4.39 Å². The first-order valence-electron chi connectivity index (χ1n) is 8.63. The van der Waals surface area contributed by atoms with E-state index in [-0.39, 0.29) is 5.82 Å². The molecule has 24 heavy (non-hydrogen) atoms. The van der Waals surface area contributed by atoms with Crippen LogP contribution in [0.25, 0.3) is 10.2 Å². The molecule has 0 unspecified atom stereocenters. The van der Waals surface area contributed by atoms with Crippen LogP contribution in [0.3, 0.4) is 0 Å². The Morgan fingerprint density at radius 2 is 1.83 bits per heavy atom. The third kappa shape index (κ3) is 2.47. The maximum absolute atomic E-state index is 13.2.